The van der Waals surface area contributed by atoms with Crippen molar-refractivity contribution in [2.24, 2.45) is 0 Å². The predicted molar refractivity (Wildman–Crippen MR) is 74.7 cm³/mol. The van der Waals surface area contributed by atoms with Gasteiger partial charge in [0.2, 0.25) is 0 Å². The molecule has 0 aliphatic carbocycles. The monoisotopic (exact) mass is 232 g/mol. The zero-order valence-electron chi connectivity index (χ0n) is 11.9. The first-order valence-corrected chi connectivity index (χ1v) is 6.58. The smallest absolute Gasteiger partial charge is 0.116 e. The molecule has 0 spiro atoms. The number of nitrogens with zero attached hydrogens (tertiary/aromatic N) is 2. The van der Waals surface area contributed by atoms with Crippen molar-refractivity contribution in [1.29, 1.82) is 0 Å². The van der Waals surface area contributed by atoms with Crippen LogP contribution in [0.5, 0.6) is 0 Å². The van der Waals surface area contributed by atoms with Gasteiger partial charge in [0.25, 0.3) is 0 Å². The predicted octanol–water partition coefficient (Wildman–Crippen LogP) is 4.61. The van der Waals surface area contributed by atoms with Crippen LogP contribution in [0.4, 0.5) is 0 Å². The lowest BCUT2D eigenvalue weighted by Gasteiger charge is -2.02. The largest absolute Gasteiger partial charge is 0.303 e. The molecule has 0 radical (unpaired) electrons. The van der Waals surface area contributed by atoms with E-state index in [-0.39, 0.29) is 0 Å². The van der Waals surface area contributed by atoms with E-state index in [9.17, 15) is 0 Å². The van der Waals surface area contributed by atoms with Crippen molar-refractivity contribution < 1.29 is 0 Å². The molecule has 0 aliphatic heterocycles. The van der Waals surface area contributed by atoms with Crippen LogP contribution in [0.1, 0.15) is 64.9 Å². The molecule has 2 rings (SSSR count). The second-order valence-electron chi connectivity index (χ2n) is 4.62. The standard InChI is InChI=1S/C13H18N2.C2H6/c1-9(2)12-11-7-5-6-8-15(11)13(14-12)10(3)4;1-2/h5-10H,1-4H3;1-2H3. The van der Waals surface area contributed by atoms with E-state index in [1.807, 2.05) is 13.8 Å². The van der Waals surface area contributed by atoms with Crippen LogP contribution < -0.4 is 0 Å². The second-order valence-corrected chi connectivity index (χ2v) is 4.62. The number of rotatable bonds is 2. The summed E-state index contributed by atoms with van der Waals surface area (Å²) in [6.07, 6.45) is 2.10. The summed E-state index contributed by atoms with van der Waals surface area (Å²) in [6.45, 7) is 12.8. The highest BCUT2D eigenvalue weighted by Crippen LogP contribution is 2.24. The van der Waals surface area contributed by atoms with Gasteiger partial charge in [-0.15, -0.1) is 0 Å². The highest BCUT2D eigenvalue weighted by atomic mass is 15.0. The molecular formula is C15H24N2. The van der Waals surface area contributed by atoms with Crippen molar-refractivity contribution in [3.63, 3.8) is 0 Å². The fourth-order valence-electron chi connectivity index (χ4n) is 1.92. The fourth-order valence-corrected chi connectivity index (χ4v) is 1.92. The van der Waals surface area contributed by atoms with Crippen molar-refractivity contribution in [1.82, 2.24) is 9.38 Å². The molecule has 2 aromatic rings. The number of imidazole rings is 1. The quantitative estimate of drug-likeness (QED) is 0.739. The normalized spacial score (nSPS) is 10.8. The Kier molecular flexibility index (Phi) is 4.73. The molecule has 2 heterocycles. The maximum atomic E-state index is 4.75. The zero-order valence-corrected chi connectivity index (χ0v) is 11.9. The highest BCUT2D eigenvalue weighted by molar-refractivity contribution is 5.54. The van der Waals surface area contributed by atoms with Gasteiger partial charge in [0, 0.05) is 12.1 Å². The maximum absolute atomic E-state index is 4.75. The van der Waals surface area contributed by atoms with Gasteiger partial charge < -0.3 is 4.40 Å². The van der Waals surface area contributed by atoms with Crippen molar-refractivity contribution >= 4 is 5.52 Å². The van der Waals surface area contributed by atoms with Crippen molar-refractivity contribution in [3.05, 3.63) is 35.9 Å². The maximum Gasteiger partial charge on any atom is 0.116 e. The average molecular weight is 232 g/mol. The van der Waals surface area contributed by atoms with Crippen LogP contribution >= 0.6 is 0 Å². The van der Waals surface area contributed by atoms with Gasteiger partial charge in [0.05, 0.1) is 11.2 Å². The molecule has 0 bridgehead atoms. The third kappa shape index (κ3) is 2.68. The van der Waals surface area contributed by atoms with Gasteiger partial charge in [-0.1, -0.05) is 47.6 Å². The van der Waals surface area contributed by atoms with Crippen LogP contribution in [0.2, 0.25) is 0 Å². The van der Waals surface area contributed by atoms with Crippen LogP contribution in [0.25, 0.3) is 5.52 Å². The summed E-state index contributed by atoms with van der Waals surface area (Å²) < 4.78 is 2.21. The summed E-state index contributed by atoms with van der Waals surface area (Å²) in [5, 5.41) is 0. The van der Waals surface area contributed by atoms with Gasteiger partial charge >= 0.3 is 0 Å². The first kappa shape index (κ1) is 13.8. The van der Waals surface area contributed by atoms with Gasteiger partial charge in [-0.3, -0.25) is 0 Å². The lowest BCUT2D eigenvalue weighted by atomic mass is 10.1. The molecule has 0 unspecified atom stereocenters. The Labute approximate surface area is 105 Å². The SMILES string of the molecule is CC.CC(C)c1nc(C(C)C)n2ccccc12. The minimum absolute atomic E-state index is 0.465. The molecule has 2 aromatic heterocycles. The minimum atomic E-state index is 0.465. The Balaban J connectivity index is 0.000000686. The van der Waals surface area contributed by atoms with Gasteiger partial charge in [-0.05, 0) is 18.1 Å². The molecule has 94 valence electrons. The summed E-state index contributed by atoms with van der Waals surface area (Å²) in [4.78, 5) is 4.75. The number of fused-ring (bicyclic) bond motifs is 1. The number of pyridine rings is 1. The molecule has 0 saturated heterocycles. The van der Waals surface area contributed by atoms with E-state index in [0.717, 1.165) is 5.82 Å². The molecule has 0 saturated carbocycles. The first-order valence-electron chi connectivity index (χ1n) is 6.58. The van der Waals surface area contributed by atoms with E-state index in [2.05, 4.69) is 56.5 Å². The zero-order chi connectivity index (χ0) is 13.0. The molecule has 0 fully saturated rings. The third-order valence-electron chi connectivity index (χ3n) is 2.67. The Morgan fingerprint density at radius 2 is 1.65 bits per heavy atom. The Bertz CT molecular complexity index is 425. The summed E-state index contributed by atoms with van der Waals surface area (Å²) in [5.41, 5.74) is 2.45. The van der Waals surface area contributed by atoms with Crippen molar-refractivity contribution in [2.45, 2.75) is 53.4 Å². The van der Waals surface area contributed by atoms with E-state index < -0.39 is 0 Å². The highest BCUT2D eigenvalue weighted by Gasteiger charge is 2.14. The van der Waals surface area contributed by atoms with E-state index in [0.29, 0.717) is 11.8 Å². The molecule has 2 nitrogen and oxygen atoms in total. The summed E-state index contributed by atoms with van der Waals surface area (Å²) in [6, 6.07) is 6.28. The van der Waals surface area contributed by atoms with Crippen molar-refractivity contribution in [2.75, 3.05) is 0 Å². The van der Waals surface area contributed by atoms with Gasteiger partial charge in [-0.25, -0.2) is 4.98 Å². The van der Waals surface area contributed by atoms with Gasteiger partial charge in [-0.2, -0.15) is 0 Å². The van der Waals surface area contributed by atoms with E-state index >= 15 is 0 Å². The summed E-state index contributed by atoms with van der Waals surface area (Å²) in [7, 11) is 0. The Morgan fingerprint density at radius 3 is 2.18 bits per heavy atom. The van der Waals surface area contributed by atoms with Crippen LogP contribution in [-0.2, 0) is 0 Å². The number of hydrogen-bond donors (Lipinski definition) is 0. The first-order chi connectivity index (χ1) is 8.11. The van der Waals surface area contributed by atoms with Crippen molar-refractivity contribution in [3.8, 4) is 0 Å². The van der Waals surface area contributed by atoms with Gasteiger partial charge in [0.1, 0.15) is 5.82 Å². The van der Waals surface area contributed by atoms with Crippen LogP contribution in [-0.4, -0.2) is 9.38 Å². The van der Waals surface area contributed by atoms with E-state index in [1.54, 1.807) is 0 Å². The Hall–Kier alpha value is -1.31. The van der Waals surface area contributed by atoms with Crippen LogP contribution in [0.3, 0.4) is 0 Å². The fraction of sp³-hybridized carbons (Fsp3) is 0.533. The van der Waals surface area contributed by atoms with E-state index in [4.69, 9.17) is 4.98 Å². The summed E-state index contributed by atoms with van der Waals surface area (Å²) >= 11 is 0. The molecule has 0 N–H and O–H groups in total. The molecule has 0 aliphatic rings. The second kappa shape index (κ2) is 5.85. The third-order valence-corrected chi connectivity index (χ3v) is 2.67. The van der Waals surface area contributed by atoms with E-state index in [1.165, 1.54) is 11.2 Å². The van der Waals surface area contributed by atoms with Crippen LogP contribution in [0.15, 0.2) is 24.4 Å². The molecule has 0 amide bonds. The molecule has 0 atom stereocenters. The lowest BCUT2D eigenvalue weighted by molar-refractivity contribution is 0.754. The van der Waals surface area contributed by atoms with Crippen LogP contribution in [0, 0.1) is 0 Å². The number of aromatic nitrogens is 2. The average Bonchev–Trinajstić information content (AvgIpc) is 2.71. The topological polar surface area (TPSA) is 17.3 Å². The molecule has 17 heavy (non-hydrogen) atoms. The molecule has 0 aromatic carbocycles. The number of hydrogen-bond acceptors (Lipinski definition) is 1. The molecular weight excluding hydrogens is 208 g/mol. The lowest BCUT2D eigenvalue weighted by Crippen LogP contribution is -1.95. The summed E-state index contributed by atoms with van der Waals surface area (Å²) in [5.74, 6) is 2.11. The Morgan fingerprint density at radius 1 is 1.00 bits per heavy atom. The van der Waals surface area contributed by atoms with Gasteiger partial charge in [0.15, 0.2) is 0 Å². The minimum Gasteiger partial charge on any atom is -0.303 e. The molecule has 2 heteroatoms.